The average molecular weight is 239 g/mol. The van der Waals surface area contributed by atoms with E-state index in [2.05, 4.69) is 4.74 Å². The minimum atomic E-state index is -0.797. The monoisotopic (exact) mass is 239 g/mol. The summed E-state index contributed by atoms with van der Waals surface area (Å²) in [7, 11) is 0. The number of amides is 1. The van der Waals surface area contributed by atoms with Gasteiger partial charge in [-0.1, -0.05) is 6.07 Å². The van der Waals surface area contributed by atoms with E-state index in [0.29, 0.717) is 31.5 Å². The molecule has 1 rings (SSSR count). The van der Waals surface area contributed by atoms with Crippen LogP contribution in [0.5, 0.6) is 0 Å². The molecular weight excluding hydrogens is 222 g/mol. The molecule has 0 aliphatic carbocycles. The summed E-state index contributed by atoms with van der Waals surface area (Å²) in [6, 6.07) is 3.58. The second-order valence-corrected chi connectivity index (χ2v) is 3.59. The van der Waals surface area contributed by atoms with Gasteiger partial charge in [-0.2, -0.15) is 0 Å². The van der Waals surface area contributed by atoms with E-state index < -0.39 is 6.09 Å². The minimum absolute atomic E-state index is 0.0444. The zero-order valence-corrected chi connectivity index (χ0v) is 9.59. The Labute approximate surface area is 99.2 Å². The summed E-state index contributed by atoms with van der Waals surface area (Å²) < 4.78 is 6.16. The predicted molar refractivity (Wildman–Crippen MR) is 63.6 cm³/mol. The molecule has 6 nitrogen and oxygen atoms in total. The van der Waals surface area contributed by atoms with Gasteiger partial charge < -0.3 is 20.8 Å². The lowest BCUT2D eigenvalue weighted by Gasteiger charge is -2.07. The molecular formula is C11H17N3O3. The molecule has 0 aliphatic rings. The van der Waals surface area contributed by atoms with Gasteiger partial charge in [0.05, 0.1) is 6.61 Å². The first-order valence-corrected chi connectivity index (χ1v) is 5.45. The normalized spacial score (nSPS) is 10.2. The van der Waals surface area contributed by atoms with E-state index in [0.717, 1.165) is 0 Å². The number of aryl methyl sites for hydroxylation is 1. The third kappa shape index (κ3) is 4.28. The van der Waals surface area contributed by atoms with Gasteiger partial charge in [0.2, 0.25) is 0 Å². The molecule has 0 aromatic carbocycles. The van der Waals surface area contributed by atoms with E-state index in [4.69, 9.17) is 11.5 Å². The molecule has 0 bridgehead atoms. The van der Waals surface area contributed by atoms with Gasteiger partial charge in [0.25, 0.3) is 5.56 Å². The number of ether oxygens (including phenoxy) is 1. The van der Waals surface area contributed by atoms with Gasteiger partial charge in [0.15, 0.2) is 0 Å². The summed E-state index contributed by atoms with van der Waals surface area (Å²) in [5.41, 5.74) is 10.9. The van der Waals surface area contributed by atoms with Crippen molar-refractivity contribution >= 4 is 6.09 Å². The summed E-state index contributed by atoms with van der Waals surface area (Å²) >= 11 is 0. The first-order chi connectivity index (χ1) is 8.15. The molecule has 0 saturated heterocycles. The van der Waals surface area contributed by atoms with Gasteiger partial charge in [-0.15, -0.1) is 0 Å². The first-order valence-electron chi connectivity index (χ1n) is 5.45. The Bertz CT molecular complexity index is 428. The Balaban J connectivity index is 2.56. The van der Waals surface area contributed by atoms with Gasteiger partial charge in [0.1, 0.15) is 0 Å². The van der Waals surface area contributed by atoms with Crippen molar-refractivity contribution in [3.63, 3.8) is 0 Å². The average Bonchev–Trinajstić information content (AvgIpc) is 2.29. The molecule has 0 unspecified atom stereocenters. The lowest BCUT2D eigenvalue weighted by atomic mass is 10.2. The minimum Gasteiger partial charge on any atom is -0.450 e. The molecule has 0 spiro atoms. The van der Waals surface area contributed by atoms with E-state index in [1.807, 2.05) is 0 Å². The summed E-state index contributed by atoms with van der Waals surface area (Å²) in [4.78, 5) is 22.2. The topological polar surface area (TPSA) is 100 Å². The van der Waals surface area contributed by atoms with Crippen LogP contribution in [0.2, 0.25) is 0 Å². The molecule has 1 aromatic rings. The summed E-state index contributed by atoms with van der Waals surface area (Å²) in [5, 5.41) is 0. The highest BCUT2D eigenvalue weighted by Gasteiger charge is 2.02. The van der Waals surface area contributed by atoms with Crippen molar-refractivity contribution in [1.29, 1.82) is 0 Å². The highest BCUT2D eigenvalue weighted by atomic mass is 16.5. The van der Waals surface area contributed by atoms with Crippen molar-refractivity contribution in [3.05, 3.63) is 34.2 Å². The highest BCUT2D eigenvalue weighted by molar-refractivity contribution is 5.64. The van der Waals surface area contributed by atoms with Gasteiger partial charge in [0, 0.05) is 18.3 Å². The van der Waals surface area contributed by atoms with Crippen molar-refractivity contribution in [3.8, 4) is 0 Å². The third-order valence-corrected chi connectivity index (χ3v) is 2.30. The van der Waals surface area contributed by atoms with Crippen molar-refractivity contribution in [2.75, 3.05) is 13.2 Å². The maximum Gasteiger partial charge on any atom is 0.404 e. The molecule has 0 saturated carbocycles. The third-order valence-electron chi connectivity index (χ3n) is 2.30. The molecule has 1 aromatic heterocycles. The summed E-state index contributed by atoms with van der Waals surface area (Å²) in [5.74, 6) is 0. The number of hydrogen-bond acceptors (Lipinski definition) is 4. The fourth-order valence-electron chi connectivity index (χ4n) is 1.52. The fraction of sp³-hybridized carbons (Fsp3) is 0.455. The number of hydrogen-bond donors (Lipinski definition) is 2. The zero-order chi connectivity index (χ0) is 12.7. The van der Waals surface area contributed by atoms with Crippen LogP contribution in [0.15, 0.2) is 23.1 Å². The van der Waals surface area contributed by atoms with Gasteiger partial charge in [-0.3, -0.25) is 4.79 Å². The molecule has 0 aliphatic heterocycles. The number of nitrogens with two attached hydrogens (primary N) is 2. The molecule has 0 fully saturated rings. The Hall–Kier alpha value is -1.82. The number of rotatable bonds is 6. The number of carbonyl (C=O) groups excluding carboxylic acids is 1. The van der Waals surface area contributed by atoms with E-state index in [9.17, 15) is 9.59 Å². The van der Waals surface area contributed by atoms with E-state index in [1.165, 1.54) is 0 Å². The summed E-state index contributed by atoms with van der Waals surface area (Å²) in [6.45, 7) is 1.15. The highest BCUT2D eigenvalue weighted by Crippen LogP contribution is 1.94. The maximum absolute atomic E-state index is 11.9. The molecule has 4 N–H and O–H groups in total. The molecule has 6 heteroatoms. The Kier molecular flexibility index (Phi) is 5.22. The quantitative estimate of drug-likeness (QED) is 0.673. The fourth-order valence-corrected chi connectivity index (χ4v) is 1.52. The van der Waals surface area contributed by atoms with Crippen molar-refractivity contribution < 1.29 is 9.53 Å². The molecule has 1 amide bonds. The van der Waals surface area contributed by atoms with Crippen LogP contribution in [0, 0.1) is 0 Å². The van der Waals surface area contributed by atoms with Crippen LogP contribution in [0.3, 0.4) is 0 Å². The largest absolute Gasteiger partial charge is 0.450 e. The van der Waals surface area contributed by atoms with Crippen LogP contribution in [0.4, 0.5) is 4.79 Å². The zero-order valence-electron chi connectivity index (χ0n) is 9.59. The van der Waals surface area contributed by atoms with Crippen molar-refractivity contribution in [1.82, 2.24) is 4.57 Å². The standard InChI is InChI=1S/C11H17N3O3/c12-5-4-9-3-1-6-14(10(9)15)7-2-8-17-11(13)16/h1,3,6H,2,4-5,7-8,12H2,(H2,13,16). The maximum atomic E-state index is 11.9. The van der Waals surface area contributed by atoms with Crippen molar-refractivity contribution in [2.24, 2.45) is 11.5 Å². The van der Waals surface area contributed by atoms with Crippen LogP contribution in [-0.4, -0.2) is 23.8 Å². The Morgan fingerprint density at radius 2 is 2.24 bits per heavy atom. The van der Waals surface area contributed by atoms with Crippen molar-refractivity contribution in [2.45, 2.75) is 19.4 Å². The molecule has 0 atom stereocenters. The first kappa shape index (κ1) is 13.2. The number of aromatic nitrogens is 1. The second-order valence-electron chi connectivity index (χ2n) is 3.59. The Morgan fingerprint density at radius 3 is 2.88 bits per heavy atom. The smallest absolute Gasteiger partial charge is 0.404 e. The number of pyridine rings is 1. The Morgan fingerprint density at radius 1 is 1.47 bits per heavy atom. The van der Waals surface area contributed by atoms with Crippen LogP contribution in [0.1, 0.15) is 12.0 Å². The van der Waals surface area contributed by atoms with E-state index in [1.54, 1.807) is 22.9 Å². The SMILES string of the molecule is NCCc1cccn(CCCOC(N)=O)c1=O. The predicted octanol–water partition coefficient (Wildman–Crippen LogP) is -0.165. The van der Waals surface area contributed by atoms with Crippen LogP contribution in [0.25, 0.3) is 0 Å². The van der Waals surface area contributed by atoms with Crippen LogP contribution in [-0.2, 0) is 17.7 Å². The number of carbonyl (C=O) groups is 1. The second kappa shape index (κ2) is 6.70. The van der Waals surface area contributed by atoms with E-state index in [-0.39, 0.29) is 12.2 Å². The number of nitrogens with zero attached hydrogens (tertiary/aromatic N) is 1. The van der Waals surface area contributed by atoms with Crippen LogP contribution >= 0.6 is 0 Å². The lowest BCUT2D eigenvalue weighted by molar-refractivity contribution is 0.153. The molecule has 1 heterocycles. The van der Waals surface area contributed by atoms with Gasteiger partial charge in [-0.05, 0) is 25.5 Å². The molecule has 0 radical (unpaired) electrons. The van der Waals surface area contributed by atoms with Gasteiger partial charge in [-0.25, -0.2) is 4.79 Å². The van der Waals surface area contributed by atoms with Gasteiger partial charge >= 0.3 is 6.09 Å². The lowest BCUT2D eigenvalue weighted by Crippen LogP contribution is -2.25. The van der Waals surface area contributed by atoms with Crippen LogP contribution < -0.4 is 17.0 Å². The summed E-state index contributed by atoms with van der Waals surface area (Å²) in [6.07, 6.45) is 2.02. The van der Waals surface area contributed by atoms with E-state index >= 15 is 0 Å². The number of primary amides is 1. The molecule has 17 heavy (non-hydrogen) atoms. The molecule has 94 valence electrons.